The average Bonchev–Trinajstić information content (AvgIpc) is 2.62. The Morgan fingerprint density at radius 2 is 1.93 bits per heavy atom. The standard InChI is InChI=1S/C13H21NO/c1-12(2)11(13(12,3)4)9-14-8-10-6-5-7-15-10/h5-7,11,14H,8-9H2,1-4H3. The molecule has 0 unspecified atom stereocenters. The molecule has 2 heteroatoms. The third kappa shape index (κ3) is 1.71. The Labute approximate surface area is 92.1 Å². The fourth-order valence-electron chi connectivity index (χ4n) is 2.60. The van der Waals surface area contributed by atoms with Gasteiger partial charge < -0.3 is 9.73 Å². The largest absolute Gasteiger partial charge is 0.468 e. The first-order valence-corrected chi connectivity index (χ1v) is 5.69. The number of furan rings is 1. The van der Waals surface area contributed by atoms with Crippen molar-refractivity contribution >= 4 is 0 Å². The molecule has 1 aromatic rings. The van der Waals surface area contributed by atoms with Crippen LogP contribution in [0.3, 0.4) is 0 Å². The van der Waals surface area contributed by atoms with Gasteiger partial charge in [0, 0.05) is 0 Å². The molecule has 1 N–H and O–H groups in total. The van der Waals surface area contributed by atoms with Gasteiger partial charge in [-0.1, -0.05) is 27.7 Å². The molecule has 1 aliphatic carbocycles. The van der Waals surface area contributed by atoms with Crippen LogP contribution in [-0.4, -0.2) is 6.54 Å². The van der Waals surface area contributed by atoms with E-state index >= 15 is 0 Å². The molecule has 0 aliphatic heterocycles. The minimum atomic E-state index is 0.475. The molecule has 84 valence electrons. The Hall–Kier alpha value is -0.760. The van der Waals surface area contributed by atoms with E-state index in [4.69, 9.17) is 4.42 Å². The van der Waals surface area contributed by atoms with Crippen molar-refractivity contribution in [3.8, 4) is 0 Å². The first-order chi connectivity index (χ1) is 6.96. The average molecular weight is 207 g/mol. The van der Waals surface area contributed by atoms with Gasteiger partial charge in [-0.3, -0.25) is 0 Å². The molecule has 0 atom stereocenters. The van der Waals surface area contributed by atoms with Crippen LogP contribution in [0.1, 0.15) is 33.5 Å². The molecule has 1 saturated carbocycles. The summed E-state index contributed by atoms with van der Waals surface area (Å²) in [6.45, 7) is 11.3. The summed E-state index contributed by atoms with van der Waals surface area (Å²) < 4.78 is 5.28. The van der Waals surface area contributed by atoms with E-state index in [2.05, 4.69) is 33.0 Å². The predicted octanol–water partition coefficient (Wildman–Crippen LogP) is 3.05. The summed E-state index contributed by atoms with van der Waals surface area (Å²) in [5.41, 5.74) is 0.951. The molecule has 1 aliphatic rings. The van der Waals surface area contributed by atoms with Gasteiger partial charge in [0.25, 0.3) is 0 Å². The maximum atomic E-state index is 5.28. The number of hydrogen-bond acceptors (Lipinski definition) is 2. The summed E-state index contributed by atoms with van der Waals surface area (Å²) in [6.07, 6.45) is 1.72. The van der Waals surface area contributed by atoms with E-state index in [9.17, 15) is 0 Å². The summed E-state index contributed by atoms with van der Waals surface area (Å²) in [6, 6.07) is 3.94. The Morgan fingerprint density at radius 3 is 2.40 bits per heavy atom. The lowest BCUT2D eigenvalue weighted by Gasteiger charge is -2.04. The minimum Gasteiger partial charge on any atom is -0.468 e. The van der Waals surface area contributed by atoms with Gasteiger partial charge in [0.15, 0.2) is 0 Å². The van der Waals surface area contributed by atoms with Gasteiger partial charge in [0.1, 0.15) is 5.76 Å². The van der Waals surface area contributed by atoms with Crippen LogP contribution in [0, 0.1) is 16.7 Å². The first-order valence-electron chi connectivity index (χ1n) is 5.69. The van der Waals surface area contributed by atoms with Crippen molar-refractivity contribution in [2.24, 2.45) is 16.7 Å². The molecule has 1 fully saturated rings. The van der Waals surface area contributed by atoms with E-state index in [1.54, 1.807) is 6.26 Å². The normalized spacial score (nSPS) is 22.9. The maximum absolute atomic E-state index is 5.28. The van der Waals surface area contributed by atoms with Gasteiger partial charge in [-0.05, 0) is 35.4 Å². The monoisotopic (exact) mass is 207 g/mol. The molecule has 1 aromatic heterocycles. The molecule has 0 saturated heterocycles. The van der Waals surface area contributed by atoms with E-state index in [1.165, 1.54) is 0 Å². The molecular formula is C13H21NO. The van der Waals surface area contributed by atoms with Gasteiger partial charge in [-0.2, -0.15) is 0 Å². The topological polar surface area (TPSA) is 25.2 Å². The van der Waals surface area contributed by atoms with Crippen LogP contribution < -0.4 is 5.32 Å². The highest BCUT2D eigenvalue weighted by Gasteiger charge is 2.63. The Balaban J connectivity index is 1.77. The minimum absolute atomic E-state index is 0.475. The summed E-state index contributed by atoms with van der Waals surface area (Å²) in [5.74, 6) is 1.80. The number of rotatable bonds is 4. The predicted molar refractivity (Wildman–Crippen MR) is 61.5 cm³/mol. The second-order valence-corrected chi connectivity index (χ2v) is 5.71. The molecule has 1 heterocycles. The van der Waals surface area contributed by atoms with Crippen molar-refractivity contribution in [2.45, 2.75) is 34.2 Å². The van der Waals surface area contributed by atoms with Crippen LogP contribution in [0.25, 0.3) is 0 Å². The fraction of sp³-hybridized carbons (Fsp3) is 0.692. The van der Waals surface area contributed by atoms with E-state index < -0.39 is 0 Å². The fourth-order valence-corrected chi connectivity index (χ4v) is 2.60. The number of nitrogens with one attached hydrogen (secondary N) is 1. The van der Waals surface area contributed by atoms with Gasteiger partial charge >= 0.3 is 0 Å². The van der Waals surface area contributed by atoms with E-state index in [0.29, 0.717) is 10.8 Å². The van der Waals surface area contributed by atoms with Gasteiger partial charge in [-0.25, -0.2) is 0 Å². The van der Waals surface area contributed by atoms with Crippen molar-refractivity contribution in [2.75, 3.05) is 6.54 Å². The highest BCUT2D eigenvalue weighted by molar-refractivity contribution is 5.13. The molecule has 0 aromatic carbocycles. The Kier molecular flexibility index (Phi) is 2.42. The molecule has 0 amide bonds. The van der Waals surface area contributed by atoms with Crippen molar-refractivity contribution in [3.05, 3.63) is 24.2 Å². The molecule has 0 radical (unpaired) electrons. The third-order valence-electron chi connectivity index (χ3n) is 4.55. The van der Waals surface area contributed by atoms with Crippen LogP contribution in [0.15, 0.2) is 22.8 Å². The smallest absolute Gasteiger partial charge is 0.117 e. The summed E-state index contributed by atoms with van der Waals surface area (Å²) in [4.78, 5) is 0. The van der Waals surface area contributed by atoms with Crippen molar-refractivity contribution in [1.29, 1.82) is 0 Å². The molecule has 2 nitrogen and oxygen atoms in total. The highest BCUT2D eigenvalue weighted by atomic mass is 16.3. The van der Waals surface area contributed by atoms with Crippen molar-refractivity contribution in [3.63, 3.8) is 0 Å². The van der Waals surface area contributed by atoms with Crippen LogP contribution in [-0.2, 0) is 6.54 Å². The Morgan fingerprint density at radius 1 is 1.27 bits per heavy atom. The van der Waals surface area contributed by atoms with Crippen molar-refractivity contribution < 1.29 is 4.42 Å². The zero-order chi connectivity index (χ0) is 11.1. The van der Waals surface area contributed by atoms with Gasteiger partial charge in [-0.15, -0.1) is 0 Å². The quantitative estimate of drug-likeness (QED) is 0.821. The van der Waals surface area contributed by atoms with E-state index in [1.807, 2.05) is 12.1 Å². The van der Waals surface area contributed by atoms with Gasteiger partial charge in [0.2, 0.25) is 0 Å². The number of hydrogen-bond donors (Lipinski definition) is 1. The SMILES string of the molecule is CC1(C)C(CNCc2ccco2)C1(C)C. The lowest BCUT2D eigenvalue weighted by atomic mass is 10.0. The van der Waals surface area contributed by atoms with E-state index in [0.717, 1.165) is 24.8 Å². The second kappa shape index (κ2) is 3.38. The van der Waals surface area contributed by atoms with Crippen LogP contribution in [0.2, 0.25) is 0 Å². The molecular weight excluding hydrogens is 186 g/mol. The first kappa shape index (κ1) is 10.7. The Bertz CT molecular complexity index is 310. The molecule has 2 rings (SSSR count). The third-order valence-corrected chi connectivity index (χ3v) is 4.55. The van der Waals surface area contributed by atoms with Crippen LogP contribution >= 0.6 is 0 Å². The molecule has 0 bridgehead atoms. The second-order valence-electron chi connectivity index (χ2n) is 5.71. The lowest BCUT2D eigenvalue weighted by molar-refractivity contribution is 0.457. The van der Waals surface area contributed by atoms with Crippen molar-refractivity contribution in [1.82, 2.24) is 5.32 Å². The molecule has 15 heavy (non-hydrogen) atoms. The zero-order valence-electron chi connectivity index (χ0n) is 10.1. The summed E-state index contributed by atoms with van der Waals surface area (Å²) in [5, 5.41) is 3.47. The summed E-state index contributed by atoms with van der Waals surface area (Å²) >= 11 is 0. The van der Waals surface area contributed by atoms with Gasteiger partial charge in [0.05, 0.1) is 12.8 Å². The highest BCUT2D eigenvalue weighted by Crippen LogP contribution is 2.67. The van der Waals surface area contributed by atoms with Crippen LogP contribution in [0.4, 0.5) is 0 Å². The van der Waals surface area contributed by atoms with E-state index in [-0.39, 0.29) is 0 Å². The maximum Gasteiger partial charge on any atom is 0.117 e. The lowest BCUT2D eigenvalue weighted by Crippen LogP contribution is -2.18. The summed E-state index contributed by atoms with van der Waals surface area (Å²) in [7, 11) is 0. The van der Waals surface area contributed by atoms with Crippen LogP contribution in [0.5, 0.6) is 0 Å². The zero-order valence-corrected chi connectivity index (χ0v) is 10.1. The molecule has 0 spiro atoms.